The van der Waals surface area contributed by atoms with Crippen molar-refractivity contribution in [1.29, 1.82) is 0 Å². The molecule has 0 radical (unpaired) electrons. The van der Waals surface area contributed by atoms with Gasteiger partial charge in [0.25, 0.3) is 0 Å². The van der Waals surface area contributed by atoms with Gasteiger partial charge < -0.3 is 0 Å². The summed E-state index contributed by atoms with van der Waals surface area (Å²) in [6.07, 6.45) is 0.630. The summed E-state index contributed by atoms with van der Waals surface area (Å²) in [6, 6.07) is 4.95. The summed E-state index contributed by atoms with van der Waals surface area (Å²) in [6.45, 7) is 1.70. The zero-order chi connectivity index (χ0) is 11.7. The largest absolute Gasteiger partial charge is 0.294 e. The van der Waals surface area contributed by atoms with Crippen molar-refractivity contribution in [3.63, 3.8) is 0 Å². The number of aryl methyl sites for hydroxylation is 1. The number of hydrogen-bond donors (Lipinski definition) is 0. The second-order valence-corrected chi connectivity index (χ2v) is 3.99. The molecule has 6 heteroatoms. The van der Waals surface area contributed by atoms with E-state index in [1.807, 2.05) is 0 Å². The molecule has 1 aromatic heterocycles. The fourth-order valence-electron chi connectivity index (χ4n) is 1.34. The Hall–Kier alpha value is -1.39. The molecule has 0 N–H and O–H groups in total. The molecule has 82 valence electrons. The number of benzene rings is 1. The Morgan fingerprint density at radius 2 is 2.12 bits per heavy atom. The van der Waals surface area contributed by atoms with Gasteiger partial charge >= 0.3 is 0 Å². The van der Waals surface area contributed by atoms with E-state index in [-0.39, 0.29) is 5.82 Å². The molecule has 0 bridgehead atoms. The predicted molar refractivity (Wildman–Crippen MR) is 61.5 cm³/mol. The van der Waals surface area contributed by atoms with E-state index in [0.717, 1.165) is 0 Å². The van der Waals surface area contributed by atoms with Crippen molar-refractivity contribution < 1.29 is 4.79 Å². The Morgan fingerprint density at radius 3 is 2.75 bits per heavy atom. The van der Waals surface area contributed by atoms with Gasteiger partial charge in [0.05, 0.1) is 10.7 Å². The molecule has 0 aliphatic rings. The van der Waals surface area contributed by atoms with Crippen LogP contribution in [0, 0.1) is 6.92 Å². The molecule has 0 spiro atoms. The lowest BCUT2D eigenvalue weighted by Crippen LogP contribution is -2.02. The molecular formula is C10H7Cl2N3O. The highest BCUT2D eigenvalue weighted by Crippen LogP contribution is 2.24. The highest BCUT2D eigenvalue weighted by Gasteiger charge is 2.11. The van der Waals surface area contributed by atoms with Crippen LogP contribution in [-0.4, -0.2) is 21.1 Å². The minimum Gasteiger partial charge on any atom is -0.294 e. The quantitative estimate of drug-likeness (QED) is 0.776. The molecule has 2 aromatic rings. The summed E-state index contributed by atoms with van der Waals surface area (Å²) in [4.78, 5) is 14.8. The van der Waals surface area contributed by atoms with E-state index in [2.05, 4.69) is 10.1 Å². The van der Waals surface area contributed by atoms with E-state index < -0.39 is 0 Å². The number of rotatable bonds is 2. The first-order chi connectivity index (χ1) is 7.61. The molecule has 2 rings (SSSR count). The Bertz CT molecular complexity index is 551. The number of halogens is 2. The van der Waals surface area contributed by atoms with Crippen molar-refractivity contribution in [2.45, 2.75) is 6.92 Å². The van der Waals surface area contributed by atoms with Crippen LogP contribution in [0.2, 0.25) is 10.0 Å². The SMILES string of the molecule is Cc1nc(C=O)n(-c2ccc(Cl)cc2Cl)n1. The van der Waals surface area contributed by atoms with Gasteiger partial charge in [0.2, 0.25) is 0 Å². The van der Waals surface area contributed by atoms with Crippen molar-refractivity contribution in [3.05, 3.63) is 39.9 Å². The van der Waals surface area contributed by atoms with Gasteiger partial charge in [0.15, 0.2) is 12.1 Å². The standard InChI is InChI=1S/C10H7Cl2N3O/c1-6-13-10(5-16)15(14-6)9-3-2-7(11)4-8(9)12/h2-5H,1H3. The zero-order valence-electron chi connectivity index (χ0n) is 8.32. The summed E-state index contributed by atoms with van der Waals surface area (Å²) in [5.41, 5.74) is 0.578. The van der Waals surface area contributed by atoms with Gasteiger partial charge in [0, 0.05) is 5.02 Å². The van der Waals surface area contributed by atoms with Gasteiger partial charge in [-0.2, -0.15) is 5.10 Å². The van der Waals surface area contributed by atoms with Crippen molar-refractivity contribution in [1.82, 2.24) is 14.8 Å². The molecule has 0 aliphatic carbocycles. The molecule has 1 aromatic carbocycles. The monoisotopic (exact) mass is 255 g/mol. The molecular weight excluding hydrogens is 249 g/mol. The highest BCUT2D eigenvalue weighted by atomic mass is 35.5. The molecule has 1 heterocycles. The Morgan fingerprint density at radius 1 is 1.38 bits per heavy atom. The maximum Gasteiger partial charge on any atom is 0.196 e. The van der Waals surface area contributed by atoms with Crippen molar-refractivity contribution in [2.75, 3.05) is 0 Å². The van der Waals surface area contributed by atoms with Crippen LogP contribution in [0.25, 0.3) is 5.69 Å². The van der Waals surface area contributed by atoms with Gasteiger partial charge in [0.1, 0.15) is 5.82 Å². The van der Waals surface area contributed by atoms with Gasteiger partial charge in [-0.15, -0.1) is 0 Å². The third-order valence-corrected chi connectivity index (χ3v) is 2.52. The maximum atomic E-state index is 10.8. The summed E-state index contributed by atoms with van der Waals surface area (Å²) in [7, 11) is 0. The normalized spacial score (nSPS) is 10.4. The molecule has 16 heavy (non-hydrogen) atoms. The zero-order valence-corrected chi connectivity index (χ0v) is 9.83. The third-order valence-electron chi connectivity index (χ3n) is 1.98. The second kappa shape index (κ2) is 4.23. The molecule has 0 aliphatic heterocycles. The van der Waals surface area contributed by atoms with Crippen molar-refractivity contribution in [3.8, 4) is 5.69 Å². The van der Waals surface area contributed by atoms with Gasteiger partial charge in [-0.25, -0.2) is 9.67 Å². The average molecular weight is 256 g/mol. The fraction of sp³-hybridized carbons (Fsp3) is 0.100. The van der Waals surface area contributed by atoms with E-state index >= 15 is 0 Å². The molecule has 0 amide bonds. The van der Waals surface area contributed by atoms with Crippen LogP contribution >= 0.6 is 23.2 Å². The second-order valence-electron chi connectivity index (χ2n) is 3.14. The number of carbonyl (C=O) groups excluding carboxylic acids is 1. The molecule has 0 fully saturated rings. The van der Waals surface area contributed by atoms with Gasteiger partial charge in [-0.05, 0) is 25.1 Å². The minimum atomic E-state index is 0.210. The molecule has 4 nitrogen and oxygen atoms in total. The summed E-state index contributed by atoms with van der Waals surface area (Å²) in [5, 5.41) is 5.03. The fourth-order valence-corrected chi connectivity index (χ4v) is 1.83. The predicted octanol–water partition coefficient (Wildman–Crippen LogP) is 2.70. The number of hydrogen-bond acceptors (Lipinski definition) is 3. The Kier molecular flexibility index (Phi) is 2.94. The van der Waals surface area contributed by atoms with Crippen LogP contribution in [0.15, 0.2) is 18.2 Å². The van der Waals surface area contributed by atoms with E-state index in [4.69, 9.17) is 23.2 Å². The van der Waals surface area contributed by atoms with Crippen LogP contribution in [0.5, 0.6) is 0 Å². The van der Waals surface area contributed by atoms with Gasteiger partial charge in [-0.3, -0.25) is 4.79 Å². The first-order valence-electron chi connectivity index (χ1n) is 4.46. The van der Waals surface area contributed by atoms with E-state index in [1.54, 1.807) is 25.1 Å². The van der Waals surface area contributed by atoms with E-state index in [9.17, 15) is 4.79 Å². The number of nitrogens with zero attached hydrogens (tertiary/aromatic N) is 3. The highest BCUT2D eigenvalue weighted by molar-refractivity contribution is 6.35. The van der Waals surface area contributed by atoms with E-state index in [0.29, 0.717) is 27.8 Å². The minimum absolute atomic E-state index is 0.210. The Balaban J connectivity index is 2.62. The van der Waals surface area contributed by atoms with Crippen LogP contribution in [0.1, 0.15) is 16.4 Å². The van der Waals surface area contributed by atoms with Crippen LogP contribution in [-0.2, 0) is 0 Å². The van der Waals surface area contributed by atoms with Crippen LogP contribution in [0.4, 0.5) is 0 Å². The first kappa shape index (κ1) is 11.1. The van der Waals surface area contributed by atoms with E-state index in [1.165, 1.54) is 4.68 Å². The summed E-state index contributed by atoms with van der Waals surface area (Å²) < 4.78 is 1.39. The average Bonchev–Trinajstić information content (AvgIpc) is 2.59. The van der Waals surface area contributed by atoms with Crippen LogP contribution in [0.3, 0.4) is 0 Å². The maximum absolute atomic E-state index is 10.8. The number of aromatic nitrogens is 3. The topological polar surface area (TPSA) is 47.8 Å². The summed E-state index contributed by atoms with van der Waals surface area (Å²) in [5.74, 6) is 0.717. The van der Waals surface area contributed by atoms with Gasteiger partial charge in [-0.1, -0.05) is 23.2 Å². The smallest absolute Gasteiger partial charge is 0.196 e. The van der Waals surface area contributed by atoms with Crippen LogP contribution < -0.4 is 0 Å². The van der Waals surface area contributed by atoms with Crippen molar-refractivity contribution in [2.24, 2.45) is 0 Å². The lowest BCUT2D eigenvalue weighted by Gasteiger charge is -2.04. The summed E-state index contributed by atoms with van der Waals surface area (Å²) >= 11 is 11.8. The molecule has 0 saturated carbocycles. The lowest BCUT2D eigenvalue weighted by atomic mass is 10.3. The lowest BCUT2D eigenvalue weighted by molar-refractivity contribution is 0.111. The number of carbonyl (C=O) groups is 1. The molecule has 0 atom stereocenters. The number of aldehydes is 1. The Labute approximate surface area is 102 Å². The third kappa shape index (κ3) is 1.94. The van der Waals surface area contributed by atoms with Crippen molar-refractivity contribution >= 4 is 29.5 Å². The first-order valence-corrected chi connectivity index (χ1v) is 5.21. The molecule has 0 unspecified atom stereocenters. The molecule has 0 saturated heterocycles.